The molecule has 1 aliphatic heterocycles. The molecular formula is C32H62N6O6. The average Bonchev–Trinajstić information content (AvgIpc) is 3.28. The van der Waals surface area contributed by atoms with Crippen LogP contribution in [0.15, 0.2) is 0 Å². The summed E-state index contributed by atoms with van der Waals surface area (Å²) in [4.78, 5) is 75.4. The molecule has 0 bridgehead atoms. The van der Waals surface area contributed by atoms with E-state index in [9.17, 15) is 28.8 Å². The second kappa shape index (κ2) is 20.0. The van der Waals surface area contributed by atoms with Gasteiger partial charge in [0, 0.05) is 6.54 Å². The van der Waals surface area contributed by atoms with Crippen molar-refractivity contribution in [1.29, 1.82) is 0 Å². The van der Waals surface area contributed by atoms with E-state index in [1.54, 1.807) is 20.8 Å². The third-order valence-corrected chi connectivity index (χ3v) is 6.73. The summed E-state index contributed by atoms with van der Waals surface area (Å²) in [6, 6.07) is -3.66. The van der Waals surface area contributed by atoms with Crippen LogP contribution >= 0.6 is 0 Å². The molecule has 2 rings (SSSR count). The van der Waals surface area contributed by atoms with Crippen molar-refractivity contribution < 1.29 is 28.8 Å². The van der Waals surface area contributed by atoms with E-state index in [0.29, 0.717) is 18.3 Å². The molecule has 1 saturated heterocycles. The van der Waals surface area contributed by atoms with Crippen molar-refractivity contribution in [3.8, 4) is 0 Å². The number of amides is 6. The van der Waals surface area contributed by atoms with Gasteiger partial charge in [-0.1, -0.05) is 102 Å². The van der Waals surface area contributed by atoms with Crippen LogP contribution < -0.4 is 27.4 Å². The minimum absolute atomic E-state index is 0.212. The molecule has 12 nitrogen and oxygen atoms in total. The molecule has 1 aliphatic carbocycles. The lowest BCUT2D eigenvalue weighted by Gasteiger charge is -2.36. The van der Waals surface area contributed by atoms with E-state index >= 15 is 0 Å². The molecule has 12 heteroatoms. The predicted octanol–water partition coefficient (Wildman–Crippen LogP) is 3.26. The van der Waals surface area contributed by atoms with E-state index < -0.39 is 59.0 Å². The minimum atomic E-state index is -1.11. The summed E-state index contributed by atoms with van der Waals surface area (Å²) in [7, 11) is 0. The van der Waals surface area contributed by atoms with E-state index in [4.69, 9.17) is 11.5 Å². The van der Waals surface area contributed by atoms with Crippen molar-refractivity contribution in [3.05, 3.63) is 0 Å². The predicted molar refractivity (Wildman–Crippen MR) is 174 cm³/mol. The Morgan fingerprint density at radius 3 is 1.73 bits per heavy atom. The molecule has 2 fully saturated rings. The second-order valence-electron chi connectivity index (χ2n) is 13.7. The molecular weight excluding hydrogens is 564 g/mol. The fourth-order valence-electron chi connectivity index (χ4n) is 4.48. The van der Waals surface area contributed by atoms with Crippen molar-refractivity contribution in [2.75, 3.05) is 13.1 Å². The van der Waals surface area contributed by atoms with Crippen LogP contribution in [0.4, 0.5) is 4.79 Å². The normalized spacial score (nSPS) is 19.0. The molecule has 1 saturated carbocycles. The molecule has 0 aromatic rings. The molecule has 7 N–H and O–H groups in total. The number of urea groups is 1. The molecule has 0 radical (unpaired) electrons. The van der Waals surface area contributed by atoms with E-state index in [2.05, 4.69) is 43.6 Å². The average molecular weight is 627 g/mol. The van der Waals surface area contributed by atoms with Gasteiger partial charge in [-0.2, -0.15) is 0 Å². The van der Waals surface area contributed by atoms with Gasteiger partial charge in [0.25, 0.3) is 5.91 Å². The first-order chi connectivity index (χ1) is 20.2. The minimum Gasteiger partial charge on any atom is -0.368 e. The van der Waals surface area contributed by atoms with Gasteiger partial charge >= 0.3 is 6.03 Å². The Morgan fingerprint density at radius 1 is 0.841 bits per heavy atom. The first kappa shape index (κ1) is 43.0. The number of ketones is 1. The fourth-order valence-corrected chi connectivity index (χ4v) is 4.48. The van der Waals surface area contributed by atoms with Gasteiger partial charge in [-0.25, -0.2) is 4.79 Å². The molecule has 6 amide bonds. The van der Waals surface area contributed by atoms with Crippen molar-refractivity contribution >= 4 is 35.4 Å². The first-order valence-corrected chi connectivity index (χ1v) is 16.0. The summed E-state index contributed by atoms with van der Waals surface area (Å²) in [6.45, 7) is 23.8. The first-order valence-electron chi connectivity index (χ1n) is 16.0. The number of primary amides is 2. The maximum Gasteiger partial charge on any atom is 0.315 e. The Kier molecular flexibility index (Phi) is 19.5. The lowest BCUT2D eigenvalue weighted by atomic mass is 9.80. The summed E-state index contributed by atoms with van der Waals surface area (Å²) >= 11 is 0. The SMILES string of the molecule is CC.CC.CC(C)(C)C.CC1CCN(C(=O)C(NC(=O)NCC(N)=O)C(C)(C)C)[C@@H]1C(=O)NC(CC1CCC1)C(=O)C(N)=O. The van der Waals surface area contributed by atoms with Crippen molar-refractivity contribution in [2.24, 2.45) is 34.1 Å². The molecule has 0 aromatic heterocycles. The van der Waals surface area contributed by atoms with Crippen LogP contribution in [0.5, 0.6) is 0 Å². The summed E-state index contributed by atoms with van der Waals surface area (Å²) in [6.07, 6.45) is 3.74. The zero-order chi connectivity index (χ0) is 35.0. The van der Waals surface area contributed by atoms with Gasteiger partial charge in [0.2, 0.25) is 23.5 Å². The summed E-state index contributed by atoms with van der Waals surface area (Å²) in [5.41, 5.74) is 10.0. The van der Waals surface area contributed by atoms with Crippen LogP contribution in [0.3, 0.4) is 0 Å². The van der Waals surface area contributed by atoms with Gasteiger partial charge in [-0.3, -0.25) is 24.0 Å². The van der Waals surface area contributed by atoms with Crippen LogP contribution in [0.2, 0.25) is 0 Å². The number of carbonyl (C=O) groups is 6. The summed E-state index contributed by atoms with van der Waals surface area (Å²) in [5, 5.41) is 7.55. The molecule has 1 heterocycles. The van der Waals surface area contributed by atoms with Crippen LogP contribution in [0, 0.1) is 22.7 Å². The highest BCUT2D eigenvalue weighted by atomic mass is 16.2. The smallest absolute Gasteiger partial charge is 0.315 e. The highest BCUT2D eigenvalue weighted by Crippen LogP contribution is 2.32. The molecule has 3 unspecified atom stereocenters. The fraction of sp³-hybridized carbons (Fsp3) is 0.812. The highest BCUT2D eigenvalue weighted by Gasteiger charge is 2.45. The van der Waals surface area contributed by atoms with Crippen LogP contribution in [-0.4, -0.2) is 71.6 Å². The number of nitrogens with one attached hydrogen (secondary N) is 3. The zero-order valence-corrected chi connectivity index (χ0v) is 29.4. The maximum absolute atomic E-state index is 13.6. The third-order valence-electron chi connectivity index (χ3n) is 6.73. The standard InChI is InChI=1S/C23H38N6O6.C5H12.2C2H6/c1-12-8-9-29(21(34)18(23(2,3)4)28-22(35)26-11-15(24)30)16(12)20(33)27-14(17(31)19(25)32)10-13-6-5-7-13;1-5(2,3)4;2*1-2/h12-14,16,18H,5-11H2,1-4H3,(H2,24,30)(H2,25,32)(H,27,33)(H2,26,28,35);1-4H3;2*1-2H3/t12?,14?,16-,18?;;;/m0.../s1. The lowest BCUT2D eigenvalue weighted by Crippen LogP contribution is -2.61. The van der Waals surface area contributed by atoms with Crippen LogP contribution in [-0.2, 0) is 24.0 Å². The molecule has 44 heavy (non-hydrogen) atoms. The van der Waals surface area contributed by atoms with Gasteiger partial charge in [0.1, 0.15) is 12.1 Å². The van der Waals surface area contributed by atoms with Gasteiger partial charge in [-0.05, 0) is 35.5 Å². The number of rotatable bonds is 10. The van der Waals surface area contributed by atoms with Crippen molar-refractivity contribution in [2.45, 2.75) is 133 Å². The number of nitrogens with zero attached hydrogens (tertiary/aromatic N) is 1. The number of carbonyl (C=O) groups excluding carboxylic acids is 6. The number of likely N-dealkylation sites (tertiary alicyclic amines) is 1. The number of hydrogen-bond donors (Lipinski definition) is 5. The molecule has 2 aliphatic rings. The monoisotopic (exact) mass is 626 g/mol. The molecule has 4 atom stereocenters. The Bertz CT molecular complexity index is 946. The number of hydrogen-bond acceptors (Lipinski definition) is 6. The third kappa shape index (κ3) is 16.0. The molecule has 256 valence electrons. The van der Waals surface area contributed by atoms with Gasteiger partial charge in [0.15, 0.2) is 0 Å². The van der Waals surface area contributed by atoms with Gasteiger partial charge in [-0.15, -0.1) is 0 Å². The molecule has 0 spiro atoms. The van der Waals surface area contributed by atoms with Crippen LogP contribution in [0.25, 0.3) is 0 Å². The zero-order valence-electron chi connectivity index (χ0n) is 29.4. The van der Waals surface area contributed by atoms with E-state index in [1.807, 2.05) is 34.6 Å². The van der Waals surface area contributed by atoms with E-state index in [-0.39, 0.29) is 24.9 Å². The topological polar surface area (TPSA) is 194 Å². The maximum atomic E-state index is 13.6. The Balaban J connectivity index is 0. The van der Waals surface area contributed by atoms with Crippen LogP contribution in [0.1, 0.15) is 115 Å². The Hall–Kier alpha value is -3.18. The molecule has 0 aromatic carbocycles. The summed E-state index contributed by atoms with van der Waals surface area (Å²) in [5.74, 6) is -3.67. The Labute approximate surface area is 265 Å². The summed E-state index contributed by atoms with van der Waals surface area (Å²) < 4.78 is 0. The second-order valence-corrected chi connectivity index (χ2v) is 13.7. The van der Waals surface area contributed by atoms with E-state index in [0.717, 1.165) is 19.3 Å². The lowest BCUT2D eigenvalue weighted by molar-refractivity contribution is -0.144. The van der Waals surface area contributed by atoms with Gasteiger partial charge in [0.05, 0.1) is 12.6 Å². The van der Waals surface area contributed by atoms with Crippen molar-refractivity contribution in [3.63, 3.8) is 0 Å². The number of nitrogens with two attached hydrogens (primary N) is 2. The largest absolute Gasteiger partial charge is 0.368 e. The highest BCUT2D eigenvalue weighted by molar-refractivity contribution is 6.37. The quantitative estimate of drug-likeness (QED) is 0.231. The number of Topliss-reactive ketones (excluding diaryl/α,β-unsaturated/α-hetero) is 1. The van der Waals surface area contributed by atoms with E-state index in [1.165, 1.54) is 4.90 Å². The van der Waals surface area contributed by atoms with Gasteiger partial charge < -0.3 is 32.3 Å². The Morgan fingerprint density at radius 2 is 1.34 bits per heavy atom. The van der Waals surface area contributed by atoms with Crippen molar-refractivity contribution in [1.82, 2.24) is 20.9 Å².